The van der Waals surface area contributed by atoms with Crippen LogP contribution in [-0.4, -0.2) is 11.1 Å². The Hall–Kier alpha value is -1.51. The van der Waals surface area contributed by atoms with Crippen molar-refractivity contribution >= 4 is 5.97 Å². The van der Waals surface area contributed by atoms with Crippen LogP contribution in [0, 0.1) is 5.92 Å². The SMILES string of the molecule is CC[C@H](C)C(=O)OC(C)c1ccc(O)cc1. The fraction of sp³-hybridized carbons (Fsp3) is 0.462. The zero-order valence-corrected chi connectivity index (χ0v) is 9.93. The van der Waals surface area contributed by atoms with Crippen molar-refractivity contribution in [1.29, 1.82) is 0 Å². The van der Waals surface area contributed by atoms with E-state index in [1.165, 1.54) is 0 Å². The van der Waals surface area contributed by atoms with Crippen LogP contribution in [0.15, 0.2) is 24.3 Å². The average Bonchev–Trinajstić information content (AvgIpc) is 2.28. The Bertz CT molecular complexity index is 343. The van der Waals surface area contributed by atoms with Crippen molar-refractivity contribution in [3.05, 3.63) is 29.8 Å². The molecule has 2 atom stereocenters. The number of aromatic hydroxyl groups is 1. The fourth-order valence-electron chi connectivity index (χ4n) is 1.27. The third kappa shape index (κ3) is 3.26. The number of carbonyl (C=O) groups is 1. The monoisotopic (exact) mass is 222 g/mol. The summed E-state index contributed by atoms with van der Waals surface area (Å²) in [5, 5.41) is 9.14. The summed E-state index contributed by atoms with van der Waals surface area (Å²) in [5.41, 5.74) is 0.884. The molecule has 0 bridgehead atoms. The van der Waals surface area contributed by atoms with E-state index in [1.54, 1.807) is 24.3 Å². The molecule has 0 aliphatic rings. The van der Waals surface area contributed by atoms with Gasteiger partial charge in [0, 0.05) is 0 Å². The number of esters is 1. The molecule has 0 radical (unpaired) electrons. The smallest absolute Gasteiger partial charge is 0.309 e. The molecule has 3 nitrogen and oxygen atoms in total. The Morgan fingerprint density at radius 1 is 1.31 bits per heavy atom. The van der Waals surface area contributed by atoms with Crippen LogP contribution < -0.4 is 0 Å². The number of phenolic OH excluding ortho intramolecular Hbond substituents is 1. The molecular formula is C13H18O3. The highest BCUT2D eigenvalue weighted by Gasteiger charge is 2.16. The van der Waals surface area contributed by atoms with Crippen LogP contribution >= 0.6 is 0 Å². The minimum Gasteiger partial charge on any atom is -0.508 e. The molecule has 1 aromatic carbocycles. The van der Waals surface area contributed by atoms with Gasteiger partial charge >= 0.3 is 5.97 Å². The van der Waals surface area contributed by atoms with Crippen LogP contribution in [-0.2, 0) is 9.53 Å². The van der Waals surface area contributed by atoms with Crippen molar-refractivity contribution in [3.63, 3.8) is 0 Å². The van der Waals surface area contributed by atoms with E-state index in [9.17, 15) is 4.79 Å². The summed E-state index contributed by atoms with van der Waals surface area (Å²) in [6, 6.07) is 6.68. The molecule has 3 heteroatoms. The number of hydrogen-bond acceptors (Lipinski definition) is 3. The standard InChI is InChI=1S/C13H18O3/c1-4-9(2)13(15)16-10(3)11-5-7-12(14)8-6-11/h5-10,14H,4H2,1-3H3/t9-,10?/m0/s1. The van der Waals surface area contributed by atoms with Crippen molar-refractivity contribution in [1.82, 2.24) is 0 Å². The first kappa shape index (κ1) is 12.6. The molecule has 0 heterocycles. The van der Waals surface area contributed by atoms with Crippen LogP contribution in [0.2, 0.25) is 0 Å². The first-order valence-electron chi connectivity index (χ1n) is 5.54. The molecule has 1 N–H and O–H groups in total. The Morgan fingerprint density at radius 3 is 2.38 bits per heavy atom. The highest BCUT2D eigenvalue weighted by Crippen LogP contribution is 2.21. The number of rotatable bonds is 4. The van der Waals surface area contributed by atoms with Crippen molar-refractivity contribution in [2.24, 2.45) is 5.92 Å². The Balaban J connectivity index is 2.62. The lowest BCUT2D eigenvalue weighted by Gasteiger charge is -2.16. The van der Waals surface area contributed by atoms with E-state index in [0.717, 1.165) is 12.0 Å². The molecule has 88 valence electrons. The topological polar surface area (TPSA) is 46.5 Å². The van der Waals surface area contributed by atoms with Gasteiger partial charge in [-0.15, -0.1) is 0 Å². The second kappa shape index (κ2) is 5.54. The maximum atomic E-state index is 11.6. The van der Waals surface area contributed by atoms with Crippen molar-refractivity contribution in [2.45, 2.75) is 33.3 Å². The summed E-state index contributed by atoms with van der Waals surface area (Å²) in [7, 11) is 0. The number of ether oxygens (including phenoxy) is 1. The van der Waals surface area contributed by atoms with E-state index in [2.05, 4.69) is 0 Å². The largest absolute Gasteiger partial charge is 0.508 e. The minimum atomic E-state index is -0.276. The highest BCUT2D eigenvalue weighted by atomic mass is 16.5. The molecule has 1 unspecified atom stereocenters. The van der Waals surface area contributed by atoms with Gasteiger partial charge in [-0.1, -0.05) is 26.0 Å². The van der Waals surface area contributed by atoms with Crippen LogP contribution in [0.5, 0.6) is 5.75 Å². The second-order valence-corrected chi connectivity index (χ2v) is 3.98. The summed E-state index contributed by atoms with van der Waals surface area (Å²) < 4.78 is 5.31. The van der Waals surface area contributed by atoms with Crippen LogP contribution in [0.25, 0.3) is 0 Å². The van der Waals surface area contributed by atoms with Crippen molar-refractivity contribution in [3.8, 4) is 5.75 Å². The van der Waals surface area contributed by atoms with E-state index in [1.807, 2.05) is 20.8 Å². The molecule has 0 spiro atoms. The summed E-state index contributed by atoms with van der Waals surface area (Å²) >= 11 is 0. The first-order chi connectivity index (χ1) is 7.54. The number of benzene rings is 1. The Labute approximate surface area is 96.1 Å². The van der Waals surface area contributed by atoms with Gasteiger partial charge in [0.05, 0.1) is 5.92 Å². The lowest BCUT2D eigenvalue weighted by Crippen LogP contribution is -2.16. The maximum absolute atomic E-state index is 11.6. The third-order valence-electron chi connectivity index (χ3n) is 2.67. The quantitative estimate of drug-likeness (QED) is 0.796. The summed E-state index contributed by atoms with van der Waals surface area (Å²) in [4.78, 5) is 11.6. The summed E-state index contributed by atoms with van der Waals surface area (Å²) in [6.07, 6.45) is 0.503. The van der Waals surface area contributed by atoms with Gasteiger partial charge in [0.2, 0.25) is 0 Å². The summed E-state index contributed by atoms with van der Waals surface area (Å²) in [5.74, 6) is -0.0353. The van der Waals surface area contributed by atoms with E-state index in [-0.39, 0.29) is 23.7 Å². The number of carbonyl (C=O) groups excluding carboxylic acids is 1. The van der Waals surface area contributed by atoms with Gasteiger partial charge in [-0.25, -0.2) is 0 Å². The average molecular weight is 222 g/mol. The van der Waals surface area contributed by atoms with E-state index >= 15 is 0 Å². The van der Waals surface area contributed by atoms with Gasteiger partial charge in [-0.3, -0.25) is 4.79 Å². The number of hydrogen-bond donors (Lipinski definition) is 1. The van der Waals surface area contributed by atoms with Gasteiger partial charge < -0.3 is 9.84 Å². The molecular weight excluding hydrogens is 204 g/mol. The van der Waals surface area contributed by atoms with Gasteiger partial charge in [0.15, 0.2) is 0 Å². The predicted octanol–water partition coefficient (Wildman–Crippen LogP) is 3.04. The molecule has 0 fully saturated rings. The maximum Gasteiger partial charge on any atom is 0.309 e. The molecule has 0 saturated heterocycles. The molecule has 1 aromatic rings. The Kier molecular flexibility index (Phi) is 4.35. The zero-order valence-electron chi connectivity index (χ0n) is 9.93. The van der Waals surface area contributed by atoms with Gasteiger partial charge in [-0.05, 0) is 31.0 Å². The van der Waals surface area contributed by atoms with Crippen molar-refractivity contribution < 1.29 is 14.6 Å². The molecule has 16 heavy (non-hydrogen) atoms. The Morgan fingerprint density at radius 2 is 1.88 bits per heavy atom. The normalized spacial score (nSPS) is 14.2. The van der Waals surface area contributed by atoms with Gasteiger partial charge in [0.25, 0.3) is 0 Å². The van der Waals surface area contributed by atoms with E-state index in [0.29, 0.717) is 0 Å². The molecule has 0 saturated carbocycles. The van der Waals surface area contributed by atoms with Crippen molar-refractivity contribution in [2.75, 3.05) is 0 Å². The van der Waals surface area contributed by atoms with Crippen LogP contribution in [0.4, 0.5) is 0 Å². The van der Waals surface area contributed by atoms with Gasteiger partial charge in [-0.2, -0.15) is 0 Å². The first-order valence-corrected chi connectivity index (χ1v) is 5.54. The summed E-state index contributed by atoms with van der Waals surface area (Å²) in [6.45, 7) is 5.63. The van der Waals surface area contributed by atoms with Gasteiger partial charge in [0.1, 0.15) is 11.9 Å². The molecule has 0 aromatic heterocycles. The van der Waals surface area contributed by atoms with E-state index < -0.39 is 0 Å². The molecule has 0 amide bonds. The predicted molar refractivity (Wildman–Crippen MR) is 62.1 cm³/mol. The lowest BCUT2D eigenvalue weighted by atomic mass is 10.1. The number of phenols is 1. The van der Waals surface area contributed by atoms with Crippen LogP contribution in [0.3, 0.4) is 0 Å². The molecule has 0 aliphatic carbocycles. The third-order valence-corrected chi connectivity index (χ3v) is 2.67. The van der Waals surface area contributed by atoms with Crippen LogP contribution in [0.1, 0.15) is 38.9 Å². The highest BCUT2D eigenvalue weighted by molar-refractivity contribution is 5.72. The zero-order chi connectivity index (χ0) is 12.1. The van der Waals surface area contributed by atoms with E-state index in [4.69, 9.17) is 9.84 Å². The minimum absolute atomic E-state index is 0.0698. The molecule has 1 rings (SSSR count). The second-order valence-electron chi connectivity index (χ2n) is 3.98. The molecule has 0 aliphatic heterocycles. The fourth-order valence-corrected chi connectivity index (χ4v) is 1.27. The lowest BCUT2D eigenvalue weighted by molar-refractivity contribution is -0.153.